The normalized spacial score (nSPS) is 18.1. The van der Waals surface area contributed by atoms with E-state index in [2.05, 4.69) is 15.4 Å². The average Bonchev–Trinajstić information content (AvgIpc) is 3.36. The van der Waals surface area contributed by atoms with Crippen LogP contribution in [0.1, 0.15) is 28.8 Å². The Kier molecular flexibility index (Phi) is 5.11. The van der Waals surface area contributed by atoms with E-state index in [1.807, 2.05) is 30.3 Å². The van der Waals surface area contributed by atoms with Gasteiger partial charge in [-0.1, -0.05) is 23.7 Å². The molecule has 1 N–H and O–H groups in total. The van der Waals surface area contributed by atoms with Crippen LogP contribution in [0.2, 0.25) is 5.02 Å². The van der Waals surface area contributed by atoms with Crippen molar-refractivity contribution in [3.63, 3.8) is 0 Å². The summed E-state index contributed by atoms with van der Waals surface area (Å²) in [5, 5.41) is 8.48. The summed E-state index contributed by atoms with van der Waals surface area (Å²) in [5.41, 5.74) is 4.06. The lowest BCUT2D eigenvalue weighted by Crippen LogP contribution is -2.32. The van der Waals surface area contributed by atoms with Gasteiger partial charge in [-0.25, -0.2) is 9.07 Å². The first-order valence-corrected chi connectivity index (χ1v) is 11.3. The molecule has 2 aliphatic heterocycles. The lowest BCUT2D eigenvalue weighted by Gasteiger charge is -2.39. The zero-order valence-electron chi connectivity index (χ0n) is 18.8. The second kappa shape index (κ2) is 8.32. The largest absolute Gasteiger partial charge is 0.497 e. The molecule has 0 radical (unpaired) electrons. The summed E-state index contributed by atoms with van der Waals surface area (Å²) in [6.07, 6.45) is 0.904. The Morgan fingerprint density at radius 2 is 1.86 bits per heavy atom. The van der Waals surface area contributed by atoms with Crippen molar-refractivity contribution in [2.24, 2.45) is 0 Å². The molecule has 3 heterocycles. The smallest absolute Gasteiger partial charge is 0.226 e. The van der Waals surface area contributed by atoms with Crippen LogP contribution in [0, 0.1) is 5.82 Å². The van der Waals surface area contributed by atoms with E-state index < -0.39 is 12.1 Å². The molecule has 3 aromatic carbocycles. The van der Waals surface area contributed by atoms with Gasteiger partial charge in [0.1, 0.15) is 35.4 Å². The molecule has 7 nitrogen and oxygen atoms in total. The Balaban J connectivity index is 1.65. The van der Waals surface area contributed by atoms with E-state index in [1.165, 1.54) is 18.5 Å². The van der Waals surface area contributed by atoms with Gasteiger partial charge in [-0.05, 0) is 54.1 Å². The standard InChI is InChI=1S/C26H20ClFN4O3/c1-33-17-8-10-20(34-2)19(12-17)25-22-23(18-11-15(27)5-9-21(18)35-25)31-26-29-13-30-32(26)24(22)14-3-6-16(28)7-4-14/h3-13,24-25H,1-2H3,(H,29,30,31). The van der Waals surface area contributed by atoms with Crippen LogP contribution in [-0.4, -0.2) is 29.0 Å². The van der Waals surface area contributed by atoms with E-state index in [0.717, 1.165) is 28.0 Å². The van der Waals surface area contributed by atoms with Gasteiger partial charge in [0, 0.05) is 21.7 Å². The fourth-order valence-corrected chi connectivity index (χ4v) is 4.88. The molecule has 2 aliphatic rings. The van der Waals surface area contributed by atoms with Crippen LogP contribution in [-0.2, 0) is 0 Å². The van der Waals surface area contributed by atoms with Crippen LogP contribution in [0.5, 0.6) is 17.2 Å². The van der Waals surface area contributed by atoms with E-state index in [9.17, 15) is 4.39 Å². The summed E-state index contributed by atoms with van der Waals surface area (Å²) in [4.78, 5) is 4.41. The summed E-state index contributed by atoms with van der Waals surface area (Å²) in [5.74, 6) is 2.20. The van der Waals surface area contributed by atoms with Crippen LogP contribution in [0.3, 0.4) is 0 Å². The third kappa shape index (κ3) is 3.49. The predicted octanol–water partition coefficient (Wildman–Crippen LogP) is 5.65. The first-order chi connectivity index (χ1) is 17.1. The van der Waals surface area contributed by atoms with Gasteiger partial charge in [-0.3, -0.25) is 0 Å². The molecule has 0 amide bonds. The summed E-state index contributed by atoms with van der Waals surface area (Å²) >= 11 is 6.38. The molecule has 176 valence electrons. The molecule has 0 saturated carbocycles. The Bertz CT molecular complexity index is 1470. The summed E-state index contributed by atoms with van der Waals surface area (Å²) in [7, 11) is 3.23. The Morgan fingerprint density at radius 3 is 2.63 bits per heavy atom. The number of nitrogens with one attached hydrogen (secondary N) is 1. The number of benzene rings is 3. The van der Waals surface area contributed by atoms with Gasteiger partial charge in [0.25, 0.3) is 0 Å². The maximum atomic E-state index is 13.9. The number of ether oxygens (including phenoxy) is 3. The van der Waals surface area contributed by atoms with Gasteiger partial charge in [0.05, 0.1) is 19.9 Å². The molecule has 0 bridgehead atoms. The molecule has 0 saturated heterocycles. The molecule has 1 aromatic heterocycles. The molecule has 2 atom stereocenters. The number of methoxy groups -OCH3 is 2. The summed E-state index contributed by atoms with van der Waals surface area (Å²) < 4.78 is 33.5. The van der Waals surface area contributed by atoms with Crippen molar-refractivity contribution in [1.82, 2.24) is 14.8 Å². The number of anilines is 1. The Hall–Kier alpha value is -4.04. The number of aromatic nitrogens is 3. The van der Waals surface area contributed by atoms with Crippen molar-refractivity contribution in [1.29, 1.82) is 0 Å². The molecule has 6 rings (SSSR count). The van der Waals surface area contributed by atoms with E-state index in [-0.39, 0.29) is 5.82 Å². The first kappa shape index (κ1) is 21.5. The van der Waals surface area contributed by atoms with Gasteiger partial charge >= 0.3 is 0 Å². The van der Waals surface area contributed by atoms with Crippen molar-refractivity contribution >= 4 is 23.2 Å². The fourth-order valence-electron chi connectivity index (χ4n) is 4.71. The second-order valence-electron chi connectivity index (χ2n) is 8.18. The summed E-state index contributed by atoms with van der Waals surface area (Å²) in [6, 6.07) is 17.0. The molecule has 0 aliphatic carbocycles. The number of hydrogen-bond acceptors (Lipinski definition) is 6. The SMILES string of the molecule is COc1ccc(OC)c(C2Oc3ccc(Cl)cc3C3=C2C(c2ccc(F)cc2)n2ncnc2N3)c1. The minimum atomic E-state index is -0.580. The molecule has 0 fully saturated rings. The maximum absolute atomic E-state index is 13.9. The van der Waals surface area contributed by atoms with E-state index in [1.54, 1.807) is 37.1 Å². The van der Waals surface area contributed by atoms with Gasteiger partial charge in [-0.15, -0.1) is 0 Å². The highest BCUT2D eigenvalue weighted by Gasteiger charge is 2.42. The Labute approximate surface area is 205 Å². The van der Waals surface area contributed by atoms with E-state index in [0.29, 0.717) is 28.2 Å². The summed E-state index contributed by atoms with van der Waals surface area (Å²) in [6.45, 7) is 0. The van der Waals surface area contributed by atoms with Crippen LogP contribution in [0.25, 0.3) is 5.70 Å². The first-order valence-electron chi connectivity index (χ1n) is 10.9. The van der Waals surface area contributed by atoms with Crippen LogP contribution in [0.4, 0.5) is 10.3 Å². The zero-order chi connectivity index (χ0) is 24.1. The molecule has 0 spiro atoms. The van der Waals surface area contributed by atoms with Crippen LogP contribution in [0.15, 0.2) is 72.6 Å². The minimum Gasteiger partial charge on any atom is -0.497 e. The minimum absolute atomic E-state index is 0.321. The van der Waals surface area contributed by atoms with Crippen molar-refractivity contribution in [2.75, 3.05) is 19.5 Å². The Morgan fingerprint density at radius 1 is 1.03 bits per heavy atom. The second-order valence-corrected chi connectivity index (χ2v) is 8.62. The molecular formula is C26H20ClFN4O3. The van der Waals surface area contributed by atoms with Crippen LogP contribution < -0.4 is 19.5 Å². The van der Waals surface area contributed by atoms with Gasteiger partial charge in [-0.2, -0.15) is 10.1 Å². The van der Waals surface area contributed by atoms with Crippen molar-refractivity contribution in [2.45, 2.75) is 12.1 Å². The fraction of sp³-hybridized carbons (Fsp3) is 0.154. The van der Waals surface area contributed by atoms with Crippen LogP contribution >= 0.6 is 11.6 Å². The predicted molar refractivity (Wildman–Crippen MR) is 129 cm³/mol. The highest BCUT2D eigenvalue weighted by molar-refractivity contribution is 6.30. The number of hydrogen-bond donors (Lipinski definition) is 1. The van der Waals surface area contributed by atoms with E-state index >= 15 is 0 Å². The lowest BCUT2D eigenvalue weighted by atomic mass is 9.84. The molecule has 9 heteroatoms. The lowest BCUT2D eigenvalue weighted by molar-refractivity contribution is 0.217. The molecule has 35 heavy (non-hydrogen) atoms. The molecule has 4 aromatic rings. The number of fused-ring (bicyclic) bond motifs is 3. The zero-order valence-corrected chi connectivity index (χ0v) is 19.6. The van der Waals surface area contributed by atoms with Crippen molar-refractivity contribution in [3.05, 3.63) is 100 Å². The molecular weight excluding hydrogens is 471 g/mol. The molecule has 2 unspecified atom stereocenters. The van der Waals surface area contributed by atoms with Crippen molar-refractivity contribution < 1.29 is 18.6 Å². The monoisotopic (exact) mass is 490 g/mol. The average molecular weight is 491 g/mol. The number of rotatable bonds is 4. The topological polar surface area (TPSA) is 70.4 Å². The third-order valence-electron chi connectivity index (χ3n) is 6.28. The highest BCUT2D eigenvalue weighted by atomic mass is 35.5. The van der Waals surface area contributed by atoms with Gasteiger partial charge < -0.3 is 19.5 Å². The third-order valence-corrected chi connectivity index (χ3v) is 6.52. The number of halogens is 2. The van der Waals surface area contributed by atoms with Crippen molar-refractivity contribution in [3.8, 4) is 17.2 Å². The van der Waals surface area contributed by atoms with E-state index in [4.69, 9.17) is 25.8 Å². The maximum Gasteiger partial charge on any atom is 0.226 e. The highest BCUT2D eigenvalue weighted by Crippen LogP contribution is 2.52. The number of nitrogens with zero attached hydrogens (tertiary/aromatic N) is 3. The van der Waals surface area contributed by atoms with Gasteiger partial charge in [0.2, 0.25) is 5.95 Å². The quantitative estimate of drug-likeness (QED) is 0.399. The van der Waals surface area contributed by atoms with Gasteiger partial charge in [0.15, 0.2) is 6.10 Å².